The Morgan fingerprint density at radius 2 is 2.19 bits per heavy atom. The SMILES string of the molecule is CNC(CN1CC(C)C(N(C)C)C1)C(=O)O. The number of carboxylic acid groups (broad SMARTS) is 1. The molecule has 0 bridgehead atoms. The van der Waals surface area contributed by atoms with E-state index < -0.39 is 12.0 Å². The zero-order valence-corrected chi connectivity index (χ0v) is 10.6. The lowest BCUT2D eigenvalue weighted by Gasteiger charge is -2.23. The molecule has 0 radical (unpaired) electrons. The summed E-state index contributed by atoms with van der Waals surface area (Å²) in [7, 11) is 5.86. The molecule has 0 aromatic heterocycles. The molecule has 94 valence electrons. The Morgan fingerprint density at radius 3 is 2.56 bits per heavy atom. The van der Waals surface area contributed by atoms with E-state index in [1.807, 2.05) is 0 Å². The van der Waals surface area contributed by atoms with Crippen LogP contribution in [0, 0.1) is 5.92 Å². The summed E-state index contributed by atoms with van der Waals surface area (Å²) in [6.07, 6.45) is 0. The van der Waals surface area contributed by atoms with Crippen molar-refractivity contribution in [3.05, 3.63) is 0 Å². The first-order valence-electron chi connectivity index (χ1n) is 5.74. The number of likely N-dealkylation sites (N-methyl/N-ethyl adjacent to an activating group) is 2. The van der Waals surface area contributed by atoms with E-state index in [-0.39, 0.29) is 0 Å². The third-order valence-electron chi connectivity index (χ3n) is 3.40. The van der Waals surface area contributed by atoms with Crippen molar-refractivity contribution in [3.63, 3.8) is 0 Å². The van der Waals surface area contributed by atoms with Gasteiger partial charge in [0.15, 0.2) is 0 Å². The minimum atomic E-state index is -0.775. The third-order valence-corrected chi connectivity index (χ3v) is 3.40. The van der Waals surface area contributed by atoms with E-state index in [4.69, 9.17) is 5.11 Å². The largest absolute Gasteiger partial charge is 0.480 e. The van der Waals surface area contributed by atoms with Crippen LogP contribution in [0.5, 0.6) is 0 Å². The summed E-state index contributed by atoms with van der Waals surface area (Å²) in [6.45, 7) is 4.74. The Labute approximate surface area is 97.4 Å². The van der Waals surface area contributed by atoms with Gasteiger partial charge in [-0.1, -0.05) is 6.92 Å². The summed E-state index contributed by atoms with van der Waals surface area (Å²) >= 11 is 0. The molecule has 1 rings (SSSR count). The lowest BCUT2D eigenvalue weighted by Crippen LogP contribution is -2.44. The monoisotopic (exact) mass is 229 g/mol. The van der Waals surface area contributed by atoms with Gasteiger partial charge in [-0.3, -0.25) is 9.69 Å². The molecule has 2 N–H and O–H groups in total. The molecule has 3 unspecified atom stereocenters. The number of carbonyl (C=O) groups is 1. The topological polar surface area (TPSA) is 55.8 Å². The van der Waals surface area contributed by atoms with Crippen LogP contribution >= 0.6 is 0 Å². The maximum atomic E-state index is 10.9. The molecule has 1 fully saturated rings. The highest BCUT2D eigenvalue weighted by atomic mass is 16.4. The fraction of sp³-hybridized carbons (Fsp3) is 0.909. The van der Waals surface area contributed by atoms with E-state index >= 15 is 0 Å². The van der Waals surface area contributed by atoms with Crippen LogP contribution in [-0.4, -0.2) is 73.7 Å². The van der Waals surface area contributed by atoms with Gasteiger partial charge in [0.25, 0.3) is 0 Å². The Morgan fingerprint density at radius 1 is 1.56 bits per heavy atom. The van der Waals surface area contributed by atoms with Gasteiger partial charge in [-0.25, -0.2) is 0 Å². The van der Waals surface area contributed by atoms with E-state index in [0.717, 1.165) is 13.1 Å². The predicted molar refractivity (Wildman–Crippen MR) is 63.6 cm³/mol. The maximum Gasteiger partial charge on any atom is 0.322 e. The summed E-state index contributed by atoms with van der Waals surface area (Å²) in [4.78, 5) is 15.4. The minimum Gasteiger partial charge on any atom is -0.480 e. The Hall–Kier alpha value is -0.650. The molecule has 5 heteroatoms. The van der Waals surface area contributed by atoms with Crippen molar-refractivity contribution < 1.29 is 9.90 Å². The summed E-state index contributed by atoms with van der Waals surface area (Å²) in [5, 5.41) is 11.8. The van der Waals surface area contributed by atoms with Crippen LogP contribution in [0.1, 0.15) is 6.92 Å². The number of nitrogens with zero attached hydrogens (tertiary/aromatic N) is 2. The van der Waals surface area contributed by atoms with Crippen LogP contribution < -0.4 is 5.32 Å². The summed E-state index contributed by atoms with van der Waals surface area (Å²) < 4.78 is 0. The number of hydrogen-bond acceptors (Lipinski definition) is 4. The van der Waals surface area contributed by atoms with Crippen LogP contribution in [0.25, 0.3) is 0 Å². The second kappa shape index (κ2) is 5.61. The summed E-state index contributed by atoms with van der Waals surface area (Å²) in [5.74, 6) is -0.176. The normalized spacial score (nSPS) is 28.6. The highest BCUT2D eigenvalue weighted by molar-refractivity contribution is 5.73. The average Bonchev–Trinajstić information content (AvgIpc) is 2.55. The van der Waals surface area contributed by atoms with Crippen LogP contribution in [0.15, 0.2) is 0 Å². The number of likely N-dealkylation sites (tertiary alicyclic amines) is 1. The van der Waals surface area contributed by atoms with Gasteiger partial charge in [0.1, 0.15) is 6.04 Å². The van der Waals surface area contributed by atoms with Gasteiger partial charge >= 0.3 is 5.97 Å². The van der Waals surface area contributed by atoms with Crippen LogP contribution in [-0.2, 0) is 4.79 Å². The number of hydrogen-bond donors (Lipinski definition) is 2. The number of nitrogens with one attached hydrogen (secondary N) is 1. The first-order chi connectivity index (χ1) is 7.45. The van der Waals surface area contributed by atoms with E-state index in [0.29, 0.717) is 18.5 Å². The van der Waals surface area contributed by atoms with Gasteiger partial charge in [0.2, 0.25) is 0 Å². The maximum absolute atomic E-state index is 10.9. The second-order valence-electron chi connectivity index (χ2n) is 4.91. The quantitative estimate of drug-likeness (QED) is 0.668. The summed E-state index contributed by atoms with van der Waals surface area (Å²) in [6, 6.07) is 0.0689. The van der Waals surface area contributed by atoms with Gasteiger partial charge in [-0.05, 0) is 27.1 Å². The first kappa shape index (κ1) is 13.4. The minimum absolute atomic E-state index is 0.465. The molecule has 1 aliphatic rings. The fourth-order valence-electron chi connectivity index (χ4n) is 2.42. The van der Waals surface area contributed by atoms with Crippen molar-refractivity contribution in [1.29, 1.82) is 0 Å². The molecule has 0 saturated carbocycles. The Balaban J connectivity index is 2.49. The van der Waals surface area contributed by atoms with Gasteiger partial charge in [-0.2, -0.15) is 0 Å². The number of rotatable bonds is 5. The van der Waals surface area contributed by atoms with Crippen LogP contribution in [0.2, 0.25) is 0 Å². The fourth-order valence-corrected chi connectivity index (χ4v) is 2.42. The molecule has 16 heavy (non-hydrogen) atoms. The van der Waals surface area contributed by atoms with E-state index in [1.165, 1.54) is 0 Å². The van der Waals surface area contributed by atoms with Crippen molar-refractivity contribution in [2.24, 2.45) is 5.92 Å². The highest BCUT2D eigenvalue weighted by Gasteiger charge is 2.32. The molecule has 0 spiro atoms. The molecule has 1 heterocycles. The second-order valence-corrected chi connectivity index (χ2v) is 4.91. The average molecular weight is 229 g/mol. The Kier molecular flexibility index (Phi) is 4.70. The van der Waals surface area contributed by atoms with Crippen molar-refractivity contribution >= 4 is 5.97 Å². The molecule has 0 amide bonds. The predicted octanol–water partition coefficient (Wildman–Crippen LogP) is -0.459. The van der Waals surface area contributed by atoms with Crippen LogP contribution in [0.3, 0.4) is 0 Å². The number of aliphatic carboxylic acids is 1. The van der Waals surface area contributed by atoms with Gasteiger partial charge in [0.05, 0.1) is 0 Å². The van der Waals surface area contributed by atoms with Crippen molar-refractivity contribution in [1.82, 2.24) is 15.1 Å². The van der Waals surface area contributed by atoms with Crippen LogP contribution in [0.4, 0.5) is 0 Å². The zero-order chi connectivity index (χ0) is 12.3. The lowest BCUT2D eigenvalue weighted by atomic mass is 10.1. The van der Waals surface area contributed by atoms with Gasteiger partial charge in [0, 0.05) is 25.7 Å². The highest BCUT2D eigenvalue weighted by Crippen LogP contribution is 2.19. The molecule has 0 aromatic rings. The Bertz CT molecular complexity index is 245. The number of carboxylic acids is 1. The van der Waals surface area contributed by atoms with Crippen molar-refractivity contribution in [2.45, 2.75) is 19.0 Å². The summed E-state index contributed by atoms with van der Waals surface area (Å²) in [5.41, 5.74) is 0. The first-order valence-corrected chi connectivity index (χ1v) is 5.74. The van der Waals surface area contributed by atoms with Crippen molar-refractivity contribution in [2.75, 3.05) is 40.8 Å². The smallest absolute Gasteiger partial charge is 0.322 e. The molecule has 1 saturated heterocycles. The third kappa shape index (κ3) is 3.17. The van der Waals surface area contributed by atoms with E-state index in [2.05, 4.69) is 36.1 Å². The molecule has 3 atom stereocenters. The molecule has 0 aromatic carbocycles. The van der Waals surface area contributed by atoms with Crippen molar-refractivity contribution in [3.8, 4) is 0 Å². The molecule has 5 nitrogen and oxygen atoms in total. The molecule has 0 aliphatic carbocycles. The van der Waals surface area contributed by atoms with Gasteiger partial charge < -0.3 is 15.3 Å². The standard InChI is InChI=1S/C11H23N3O2/c1-8-5-14(7-10(8)13(3)4)6-9(12-2)11(15)16/h8-10,12H,5-7H2,1-4H3,(H,15,16). The lowest BCUT2D eigenvalue weighted by molar-refractivity contribution is -0.139. The molecule has 1 aliphatic heterocycles. The molecular formula is C11H23N3O2. The van der Waals surface area contributed by atoms with Gasteiger partial charge in [-0.15, -0.1) is 0 Å². The molecular weight excluding hydrogens is 206 g/mol. The van der Waals surface area contributed by atoms with E-state index in [1.54, 1.807) is 7.05 Å². The van der Waals surface area contributed by atoms with E-state index in [9.17, 15) is 4.79 Å². The zero-order valence-electron chi connectivity index (χ0n) is 10.6.